The fourth-order valence-corrected chi connectivity index (χ4v) is 1.73. The van der Waals surface area contributed by atoms with Crippen molar-refractivity contribution < 1.29 is 0 Å². The van der Waals surface area contributed by atoms with Crippen LogP contribution in [-0.4, -0.2) is 20.9 Å². The first kappa shape index (κ1) is 10.5. The number of H-pyrrole nitrogens is 1. The lowest BCUT2D eigenvalue weighted by molar-refractivity contribution is 0.863. The zero-order valence-electron chi connectivity index (χ0n) is 9.45. The van der Waals surface area contributed by atoms with Crippen LogP contribution in [0, 0.1) is 0 Å². The maximum atomic E-state index is 11.7. The largest absolute Gasteiger partial charge is 0.347 e. The van der Waals surface area contributed by atoms with Crippen LogP contribution in [0.4, 0.5) is 0 Å². The summed E-state index contributed by atoms with van der Waals surface area (Å²) in [6.07, 6.45) is 4.98. The molecule has 0 bridgehead atoms. The third-order valence-electron chi connectivity index (χ3n) is 2.57. The fourth-order valence-electron chi connectivity index (χ4n) is 1.73. The Morgan fingerprint density at radius 3 is 2.94 bits per heavy atom. The Kier molecular flexibility index (Phi) is 2.49. The van der Waals surface area contributed by atoms with Gasteiger partial charge in [0.25, 0.3) is 0 Å². The van der Waals surface area contributed by atoms with Gasteiger partial charge < -0.3 is 4.98 Å². The van der Waals surface area contributed by atoms with Crippen LogP contribution in [0.5, 0.6) is 0 Å². The molecule has 0 atom stereocenters. The summed E-state index contributed by atoms with van der Waals surface area (Å²) in [6, 6.07) is 11.1. The smallest absolute Gasteiger partial charge is 0.304 e. The van der Waals surface area contributed by atoms with Gasteiger partial charge in [0.1, 0.15) is 0 Å². The number of imidazole rings is 1. The van der Waals surface area contributed by atoms with E-state index in [-0.39, 0.29) is 5.69 Å². The molecule has 0 aliphatic carbocycles. The average Bonchev–Trinajstić information content (AvgIpc) is 2.73. The molecule has 0 radical (unpaired) electrons. The van der Waals surface area contributed by atoms with Crippen LogP contribution < -0.4 is 5.69 Å². The molecule has 3 rings (SSSR count). The molecule has 0 aliphatic rings. The number of pyridine rings is 1. The summed E-state index contributed by atoms with van der Waals surface area (Å²) in [5.41, 5.74) is 2.11. The van der Waals surface area contributed by atoms with Crippen LogP contribution >= 0.6 is 0 Å². The van der Waals surface area contributed by atoms with Gasteiger partial charge in [-0.3, -0.25) is 4.98 Å². The highest BCUT2D eigenvalue weighted by Crippen LogP contribution is 2.08. The summed E-state index contributed by atoms with van der Waals surface area (Å²) in [5, 5.41) is 4.17. The molecule has 1 aromatic carbocycles. The van der Waals surface area contributed by atoms with Crippen LogP contribution in [0.1, 0.15) is 5.56 Å². The second kappa shape index (κ2) is 4.29. The molecule has 0 spiro atoms. The van der Waals surface area contributed by atoms with Crippen molar-refractivity contribution in [2.75, 3.05) is 0 Å². The summed E-state index contributed by atoms with van der Waals surface area (Å²) >= 11 is 0. The number of para-hydroxylation sites is 2. The Hall–Kier alpha value is -2.69. The number of benzene rings is 1. The van der Waals surface area contributed by atoms with Gasteiger partial charge in [0.15, 0.2) is 0 Å². The van der Waals surface area contributed by atoms with Crippen molar-refractivity contribution in [3.8, 4) is 0 Å². The summed E-state index contributed by atoms with van der Waals surface area (Å²) in [6.45, 7) is 0. The summed E-state index contributed by atoms with van der Waals surface area (Å²) in [7, 11) is 0. The van der Waals surface area contributed by atoms with Crippen molar-refractivity contribution in [3.63, 3.8) is 0 Å². The van der Waals surface area contributed by atoms with Crippen LogP contribution in [0.3, 0.4) is 0 Å². The van der Waals surface area contributed by atoms with Gasteiger partial charge in [0.05, 0.1) is 17.2 Å². The molecular formula is C13H10N4O. The topological polar surface area (TPSA) is 63.0 Å². The molecule has 3 aromatic rings. The highest BCUT2D eigenvalue weighted by molar-refractivity contribution is 5.80. The van der Waals surface area contributed by atoms with Gasteiger partial charge in [0.2, 0.25) is 0 Å². The minimum atomic E-state index is -0.253. The van der Waals surface area contributed by atoms with Crippen LogP contribution in [0.25, 0.3) is 11.0 Å². The number of nitrogens with one attached hydrogen (secondary N) is 1. The van der Waals surface area contributed by atoms with E-state index in [1.807, 2.05) is 36.4 Å². The molecule has 88 valence electrons. The van der Waals surface area contributed by atoms with Gasteiger partial charge in [-0.05, 0) is 18.2 Å². The van der Waals surface area contributed by atoms with E-state index in [1.165, 1.54) is 4.68 Å². The number of aromatic nitrogens is 3. The van der Waals surface area contributed by atoms with Crippen LogP contribution in [0.15, 0.2) is 58.7 Å². The molecular weight excluding hydrogens is 228 g/mol. The summed E-state index contributed by atoms with van der Waals surface area (Å²) < 4.78 is 1.34. The fraction of sp³-hybridized carbons (Fsp3) is 0. The van der Waals surface area contributed by atoms with Crippen molar-refractivity contribution in [2.45, 2.75) is 0 Å². The number of fused-ring (bicyclic) bond motifs is 1. The van der Waals surface area contributed by atoms with Gasteiger partial charge in [0, 0.05) is 18.0 Å². The van der Waals surface area contributed by atoms with E-state index in [0.717, 1.165) is 16.6 Å². The SMILES string of the molecule is O=c1[nH]c2ccccc2n1/N=C/c1cccnc1. The number of aromatic amines is 1. The predicted octanol–water partition coefficient (Wildman–Crippen LogP) is 1.61. The van der Waals surface area contributed by atoms with E-state index >= 15 is 0 Å². The Balaban J connectivity index is 2.08. The normalized spacial score (nSPS) is 11.3. The first-order valence-electron chi connectivity index (χ1n) is 5.49. The first-order chi connectivity index (χ1) is 8.84. The van der Waals surface area contributed by atoms with Crippen molar-refractivity contribution in [2.24, 2.45) is 5.10 Å². The van der Waals surface area contributed by atoms with E-state index < -0.39 is 0 Å². The maximum absolute atomic E-state index is 11.7. The molecule has 0 fully saturated rings. The molecule has 0 unspecified atom stereocenters. The number of hydrogen-bond donors (Lipinski definition) is 1. The lowest BCUT2D eigenvalue weighted by Gasteiger charge is -1.94. The lowest BCUT2D eigenvalue weighted by atomic mass is 10.3. The minimum absolute atomic E-state index is 0.253. The Bertz CT molecular complexity index is 755. The van der Waals surface area contributed by atoms with Crippen molar-refractivity contribution >= 4 is 17.2 Å². The molecule has 2 aromatic heterocycles. The van der Waals surface area contributed by atoms with Gasteiger partial charge in [-0.25, -0.2) is 4.79 Å². The predicted molar refractivity (Wildman–Crippen MR) is 69.8 cm³/mol. The van der Waals surface area contributed by atoms with Crippen molar-refractivity contribution in [1.82, 2.24) is 14.6 Å². The molecule has 5 heteroatoms. The van der Waals surface area contributed by atoms with E-state index in [2.05, 4.69) is 15.1 Å². The van der Waals surface area contributed by atoms with E-state index in [9.17, 15) is 4.79 Å². The molecule has 1 N–H and O–H groups in total. The second-order valence-electron chi connectivity index (χ2n) is 3.79. The Morgan fingerprint density at radius 2 is 2.11 bits per heavy atom. The van der Waals surface area contributed by atoms with Gasteiger partial charge >= 0.3 is 5.69 Å². The molecule has 2 heterocycles. The number of nitrogens with zero attached hydrogens (tertiary/aromatic N) is 3. The molecule has 0 amide bonds. The summed E-state index contributed by atoms with van der Waals surface area (Å²) in [5.74, 6) is 0. The molecule has 0 aliphatic heterocycles. The Morgan fingerprint density at radius 1 is 1.22 bits per heavy atom. The van der Waals surface area contributed by atoms with Gasteiger partial charge in [-0.2, -0.15) is 9.78 Å². The van der Waals surface area contributed by atoms with Crippen LogP contribution in [-0.2, 0) is 0 Å². The minimum Gasteiger partial charge on any atom is -0.304 e. The monoisotopic (exact) mass is 238 g/mol. The molecule has 18 heavy (non-hydrogen) atoms. The first-order valence-corrected chi connectivity index (χ1v) is 5.49. The highest BCUT2D eigenvalue weighted by Gasteiger charge is 2.03. The van der Waals surface area contributed by atoms with Crippen LogP contribution in [0.2, 0.25) is 0 Å². The van der Waals surface area contributed by atoms with E-state index in [0.29, 0.717) is 0 Å². The highest BCUT2D eigenvalue weighted by atomic mass is 16.2. The summed E-state index contributed by atoms with van der Waals surface area (Å²) in [4.78, 5) is 18.5. The third-order valence-corrected chi connectivity index (χ3v) is 2.57. The van der Waals surface area contributed by atoms with E-state index in [1.54, 1.807) is 18.6 Å². The molecule has 5 nitrogen and oxygen atoms in total. The number of hydrogen-bond acceptors (Lipinski definition) is 3. The van der Waals surface area contributed by atoms with Gasteiger partial charge in [-0.1, -0.05) is 18.2 Å². The standard InChI is InChI=1S/C13H10N4O/c18-13-16-11-5-1-2-6-12(11)17(13)15-9-10-4-3-7-14-8-10/h1-9H,(H,16,18)/b15-9+. The quantitative estimate of drug-likeness (QED) is 0.689. The number of rotatable bonds is 2. The van der Waals surface area contributed by atoms with Gasteiger partial charge in [-0.15, -0.1) is 0 Å². The third kappa shape index (κ3) is 1.82. The Labute approximate surface area is 102 Å². The second-order valence-corrected chi connectivity index (χ2v) is 3.79. The van der Waals surface area contributed by atoms with Crippen molar-refractivity contribution in [3.05, 3.63) is 64.8 Å². The maximum Gasteiger partial charge on any atom is 0.347 e. The average molecular weight is 238 g/mol. The molecule has 0 saturated heterocycles. The van der Waals surface area contributed by atoms with Crippen molar-refractivity contribution in [1.29, 1.82) is 0 Å². The zero-order chi connectivity index (χ0) is 12.4. The molecule has 0 saturated carbocycles. The zero-order valence-corrected chi connectivity index (χ0v) is 9.45. The lowest BCUT2D eigenvalue weighted by Crippen LogP contribution is -2.12. The van der Waals surface area contributed by atoms with E-state index in [4.69, 9.17) is 0 Å².